The van der Waals surface area contributed by atoms with E-state index in [2.05, 4.69) is 15.4 Å². The maximum Gasteiger partial charge on any atom is 0.407 e. The highest BCUT2D eigenvalue weighted by atomic mass is 16.5. The first-order chi connectivity index (χ1) is 5.33. The smallest absolute Gasteiger partial charge is 0.407 e. The third kappa shape index (κ3) is 2.76. The molecule has 1 heterocycles. The molecule has 2 N–H and O–H groups in total. The lowest BCUT2D eigenvalue weighted by molar-refractivity contribution is 0.170. The molecule has 0 atom stereocenters. The number of nitrogens with one attached hydrogen (secondary N) is 2. The summed E-state index contributed by atoms with van der Waals surface area (Å²) in [6.07, 6.45) is 1.46. The lowest BCUT2D eigenvalue weighted by Gasteiger charge is -2.21. The molecule has 0 bridgehead atoms. The van der Waals surface area contributed by atoms with Crippen molar-refractivity contribution in [2.24, 2.45) is 0 Å². The van der Waals surface area contributed by atoms with Crippen LogP contribution in [0.2, 0.25) is 0 Å². The third-order valence-corrected chi connectivity index (χ3v) is 1.67. The molecule has 1 fully saturated rings. The van der Waals surface area contributed by atoms with Crippen molar-refractivity contribution in [2.45, 2.75) is 12.8 Å². The molecule has 0 aromatic heterocycles. The summed E-state index contributed by atoms with van der Waals surface area (Å²) in [6.45, 7) is 1.89. The van der Waals surface area contributed by atoms with Crippen LogP contribution in [0.1, 0.15) is 12.8 Å². The monoisotopic (exact) mass is 157 g/mol. The Bertz CT molecular complexity index is 132. The lowest BCUT2D eigenvalue weighted by atomic mass is 10.1. The van der Waals surface area contributed by atoms with E-state index in [1.807, 2.05) is 0 Å². The van der Waals surface area contributed by atoms with Crippen molar-refractivity contribution >= 4 is 6.09 Å². The van der Waals surface area contributed by atoms with Crippen LogP contribution in [0.3, 0.4) is 0 Å². The molecule has 1 amide bonds. The quantitative estimate of drug-likeness (QED) is 0.574. The zero-order chi connectivity index (χ0) is 8.10. The van der Waals surface area contributed by atoms with Gasteiger partial charge in [0, 0.05) is 0 Å². The van der Waals surface area contributed by atoms with Crippen LogP contribution in [0, 0.1) is 6.04 Å². The Balaban J connectivity index is 2.19. The van der Waals surface area contributed by atoms with E-state index in [0.29, 0.717) is 0 Å². The number of ether oxygens (including phenoxy) is 1. The van der Waals surface area contributed by atoms with Gasteiger partial charge >= 0.3 is 6.09 Å². The Morgan fingerprint density at radius 2 is 2.18 bits per heavy atom. The van der Waals surface area contributed by atoms with Crippen molar-refractivity contribution in [1.29, 1.82) is 0 Å². The van der Waals surface area contributed by atoms with Crippen LogP contribution >= 0.6 is 0 Å². The zero-order valence-electron chi connectivity index (χ0n) is 6.64. The van der Waals surface area contributed by atoms with Gasteiger partial charge in [-0.05, 0) is 25.9 Å². The second-order valence-corrected chi connectivity index (χ2v) is 2.47. The molecule has 0 aromatic carbocycles. The van der Waals surface area contributed by atoms with Gasteiger partial charge in [0.1, 0.15) is 0 Å². The van der Waals surface area contributed by atoms with Crippen molar-refractivity contribution in [3.8, 4) is 0 Å². The van der Waals surface area contributed by atoms with Gasteiger partial charge in [0.15, 0.2) is 0 Å². The Labute approximate surface area is 66.3 Å². The van der Waals surface area contributed by atoms with Gasteiger partial charge < -0.3 is 15.4 Å². The molecule has 1 rings (SSSR count). The number of amides is 1. The largest absolute Gasteiger partial charge is 0.453 e. The van der Waals surface area contributed by atoms with Crippen molar-refractivity contribution in [3.05, 3.63) is 6.04 Å². The molecule has 1 radical (unpaired) electrons. The maximum absolute atomic E-state index is 10.7. The van der Waals surface area contributed by atoms with E-state index in [1.165, 1.54) is 7.11 Å². The minimum Gasteiger partial charge on any atom is -0.453 e. The van der Waals surface area contributed by atoms with Crippen molar-refractivity contribution in [2.75, 3.05) is 20.2 Å². The van der Waals surface area contributed by atoms with Gasteiger partial charge in [0.2, 0.25) is 0 Å². The molecule has 0 aromatic rings. The first-order valence-corrected chi connectivity index (χ1v) is 3.73. The van der Waals surface area contributed by atoms with Gasteiger partial charge in [-0.1, -0.05) is 0 Å². The Morgan fingerprint density at radius 3 is 2.73 bits per heavy atom. The van der Waals surface area contributed by atoms with E-state index in [1.54, 1.807) is 0 Å². The second kappa shape index (κ2) is 4.18. The Hall–Kier alpha value is -0.770. The summed E-state index contributed by atoms with van der Waals surface area (Å²) in [5.74, 6) is 0. The molecular formula is C7H13N2O2. The Morgan fingerprint density at radius 1 is 1.55 bits per heavy atom. The van der Waals surface area contributed by atoms with Gasteiger partial charge in [0.05, 0.1) is 13.2 Å². The molecule has 4 nitrogen and oxygen atoms in total. The predicted octanol–water partition coefficient (Wildman–Crippen LogP) is 0.258. The molecule has 11 heavy (non-hydrogen) atoms. The molecule has 0 spiro atoms. The molecule has 4 heteroatoms. The number of carbonyl (C=O) groups excluding carboxylic acids is 1. The molecule has 1 aliphatic rings. The molecule has 0 unspecified atom stereocenters. The molecule has 1 aliphatic heterocycles. The number of methoxy groups -OCH3 is 1. The van der Waals surface area contributed by atoms with E-state index in [4.69, 9.17) is 0 Å². The van der Waals surface area contributed by atoms with E-state index >= 15 is 0 Å². The first kappa shape index (κ1) is 8.33. The minimum absolute atomic E-state index is 0.359. The fourth-order valence-electron chi connectivity index (χ4n) is 1.05. The highest BCUT2D eigenvalue weighted by Gasteiger charge is 2.15. The van der Waals surface area contributed by atoms with Crippen molar-refractivity contribution in [3.63, 3.8) is 0 Å². The fraction of sp³-hybridized carbons (Fsp3) is 0.714. The molecular weight excluding hydrogens is 144 g/mol. The predicted molar refractivity (Wildman–Crippen MR) is 40.9 cm³/mol. The SMILES string of the molecule is COC(=O)N[C]1CCNCC1. The van der Waals surface area contributed by atoms with E-state index < -0.39 is 0 Å². The summed E-state index contributed by atoms with van der Waals surface area (Å²) in [4.78, 5) is 10.7. The molecule has 0 aliphatic carbocycles. The van der Waals surface area contributed by atoms with E-state index in [-0.39, 0.29) is 6.09 Å². The van der Waals surface area contributed by atoms with Crippen LogP contribution in [0.5, 0.6) is 0 Å². The number of rotatable bonds is 1. The van der Waals surface area contributed by atoms with Crippen LogP contribution in [0.4, 0.5) is 4.79 Å². The van der Waals surface area contributed by atoms with Gasteiger partial charge in [0.25, 0.3) is 0 Å². The van der Waals surface area contributed by atoms with Crippen LogP contribution in [-0.4, -0.2) is 26.3 Å². The number of piperidine rings is 1. The number of hydrogen-bond acceptors (Lipinski definition) is 3. The van der Waals surface area contributed by atoms with E-state index in [0.717, 1.165) is 32.0 Å². The number of carbonyl (C=O) groups is 1. The highest BCUT2D eigenvalue weighted by molar-refractivity contribution is 5.68. The molecule has 0 saturated carbocycles. The van der Waals surface area contributed by atoms with Crippen LogP contribution in [0.25, 0.3) is 0 Å². The van der Waals surface area contributed by atoms with Gasteiger partial charge in [-0.2, -0.15) is 0 Å². The van der Waals surface area contributed by atoms with E-state index in [9.17, 15) is 4.79 Å². The van der Waals surface area contributed by atoms with Crippen LogP contribution in [0.15, 0.2) is 0 Å². The normalized spacial score (nSPS) is 19.4. The summed E-state index contributed by atoms with van der Waals surface area (Å²) in [6, 6.07) is 1.07. The lowest BCUT2D eigenvalue weighted by Crippen LogP contribution is -2.36. The van der Waals surface area contributed by atoms with Crippen molar-refractivity contribution < 1.29 is 9.53 Å². The highest BCUT2D eigenvalue weighted by Crippen LogP contribution is 2.09. The first-order valence-electron chi connectivity index (χ1n) is 3.73. The molecule has 1 saturated heterocycles. The third-order valence-electron chi connectivity index (χ3n) is 1.67. The fourth-order valence-corrected chi connectivity index (χ4v) is 1.05. The van der Waals surface area contributed by atoms with Gasteiger partial charge in [-0.15, -0.1) is 0 Å². The standard InChI is InChI=1S/C7H13N2O2/c1-11-7(10)9-6-2-4-8-5-3-6/h8H,2-5H2,1H3,(H,9,10). The molecule has 63 valence electrons. The van der Waals surface area contributed by atoms with Crippen LogP contribution < -0.4 is 10.6 Å². The average Bonchev–Trinajstić information content (AvgIpc) is 2.06. The topological polar surface area (TPSA) is 50.4 Å². The maximum atomic E-state index is 10.7. The zero-order valence-corrected chi connectivity index (χ0v) is 6.64. The summed E-state index contributed by atoms with van der Waals surface area (Å²) in [7, 11) is 1.37. The Kier molecular flexibility index (Phi) is 3.16. The number of alkyl carbamates (subject to hydrolysis) is 1. The summed E-state index contributed by atoms with van der Waals surface area (Å²) in [5, 5.41) is 5.88. The summed E-state index contributed by atoms with van der Waals surface area (Å²) < 4.78 is 4.46. The van der Waals surface area contributed by atoms with Gasteiger partial charge in [-0.25, -0.2) is 4.79 Å². The summed E-state index contributed by atoms with van der Waals surface area (Å²) >= 11 is 0. The average molecular weight is 157 g/mol. The summed E-state index contributed by atoms with van der Waals surface area (Å²) in [5.41, 5.74) is 0. The minimum atomic E-state index is -0.359. The second-order valence-electron chi connectivity index (χ2n) is 2.47. The van der Waals surface area contributed by atoms with Crippen LogP contribution in [-0.2, 0) is 4.74 Å². The van der Waals surface area contributed by atoms with Gasteiger partial charge in [-0.3, -0.25) is 0 Å². The van der Waals surface area contributed by atoms with Crippen molar-refractivity contribution in [1.82, 2.24) is 10.6 Å². The number of hydrogen-bond donors (Lipinski definition) is 2.